The van der Waals surface area contributed by atoms with E-state index in [0.29, 0.717) is 51.8 Å². The minimum Gasteiger partial charge on any atom is -0.497 e. The zero-order valence-electron chi connectivity index (χ0n) is 16.7. The Hall–Kier alpha value is -3.26. The van der Waals surface area contributed by atoms with Gasteiger partial charge in [-0.1, -0.05) is 16.8 Å². The van der Waals surface area contributed by atoms with Crippen LogP contribution in [0.15, 0.2) is 40.9 Å². The third kappa shape index (κ3) is 3.78. The molecule has 3 aromatic rings. The van der Waals surface area contributed by atoms with E-state index in [9.17, 15) is 4.79 Å². The van der Waals surface area contributed by atoms with E-state index in [0.717, 1.165) is 0 Å². The summed E-state index contributed by atoms with van der Waals surface area (Å²) in [6.45, 7) is 0.399. The third-order valence-corrected chi connectivity index (χ3v) is 5.20. The van der Waals surface area contributed by atoms with E-state index in [1.165, 1.54) is 0 Å². The van der Waals surface area contributed by atoms with Crippen LogP contribution >= 0.6 is 11.6 Å². The summed E-state index contributed by atoms with van der Waals surface area (Å²) in [6.07, 6.45) is 0.260. The number of aromatic nitrogens is 2. The Labute approximate surface area is 178 Å². The quantitative estimate of drug-likeness (QED) is 0.586. The number of hydrogen-bond acceptors (Lipinski definition) is 7. The third-order valence-electron chi connectivity index (χ3n) is 4.96. The van der Waals surface area contributed by atoms with E-state index in [4.69, 9.17) is 30.3 Å². The molecule has 2 heterocycles. The highest BCUT2D eigenvalue weighted by molar-refractivity contribution is 6.31. The van der Waals surface area contributed by atoms with Crippen LogP contribution in [0.2, 0.25) is 5.02 Å². The van der Waals surface area contributed by atoms with Crippen LogP contribution in [0.4, 0.5) is 5.69 Å². The SMILES string of the molecule is COc1cc(OC)cc(-c2nc(C3CC(=O)N(c4cc(Cl)ccc4OC)C3)no2)c1. The molecule has 1 aliphatic heterocycles. The number of carbonyl (C=O) groups is 1. The van der Waals surface area contributed by atoms with Crippen molar-refractivity contribution in [1.29, 1.82) is 0 Å². The maximum Gasteiger partial charge on any atom is 0.258 e. The van der Waals surface area contributed by atoms with Crippen molar-refractivity contribution in [2.75, 3.05) is 32.8 Å². The fourth-order valence-corrected chi connectivity index (χ4v) is 3.60. The molecular formula is C21H20ClN3O5. The number of benzene rings is 2. The predicted molar refractivity (Wildman–Crippen MR) is 111 cm³/mol. The summed E-state index contributed by atoms with van der Waals surface area (Å²) in [5.74, 6) is 2.31. The molecule has 9 heteroatoms. The molecule has 2 aromatic carbocycles. The summed E-state index contributed by atoms with van der Waals surface area (Å²) in [6, 6.07) is 10.5. The standard InChI is InChI=1S/C21H20ClN3O5/c1-27-15-6-12(7-16(10-15)28-2)21-23-20(24-30-21)13-8-19(26)25(11-13)17-9-14(22)4-5-18(17)29-3/h4-7,9-10,13H,8,11H2,1-3H3. The van der Waals surface area contributed by atoms with Crippen LogP contribution in [-0.4, -0.2) is 43.9 Å². The number of carbonyl (C=O) groups excluding carboxylic acids is 1. The first-order valence-corrected chi connectivity index (χ1v) is 9.61. The molecule has 1 unspecified atom stereocenters. The summed E-state index contributed by atoms with van der Waals surface area (Å²) in [4.78, 5) is 18.8. The largest absolute Gasteiger partial charge is 0.497 e. The van der Waals surface area contributed by atoms with Gasteiger partial charge in [-0.2, -0.15) is 4.98 Å². The minimum atomic E-state index is -0.216. The van der Waals surface area contributed by atoms with Crippen molar-refractivity contribution in [3.05, 3.63) is 47.2 Å². The molecule has 0 aliphatic carbocycles. The second kappa shape index (κ2) is 8.23. The first-order valence-electron chi connectivity index (χ1n) is 9.23. The average Bonchev–Trinajstić information content (AvgIpc) is 3.40. The number of rotatable bonds is 6. The molecule has 0 N–H and O–H groups in total. The number of anilines is 1. The summed E-state index contributed by atoms with van der Waals surface area (Å²) in [5.41, 5.74) is 1.29. The normalized spacial score (nSPS) is 16.1. The summed E-state index contributed by atoms with van der Waals surface area (Å²) in [7, 11) is 4.69. The lowest BCUT2D eigenvalue weighted by Gasteiger charge is -2.19. The Kier molecular flexibility index (Phi) is 5.50. The Bertz CT molecular complexity index is 1060. The highest BCUT2D eigenvalue weighted by Crippen LogP contribution is 2.38. The van der Waals surface area contributed by atoms with Crippen molar-refractivity contribution >= 4 is 23.2 Å². The lowest BCUT2D eigenvalue weighted by molar-refractivity contribution is -0.117. The van der Waals surface area contributed by atoms with Gasteiger partial charge in [-0.3, -0.25) is 4.79 Å². The zero-order chi connectivity index (χ0) is 21.3. The van der Waals surface area contributed by atoms with E-state index < -0.39 is 0 Å². The first kappa shape index (κ1) is 20.0. The molecule has 30 heavy (non-hydrogen) atoms. The van der Waals surface area contributed by atoms with Gasteiger partial charge >= 0.3 is 0 Å². The number of hydrogen-bond donors (Lipinski definition) is 0. The summed E-state index contributed by atoms with van der Waals surface area (Å²) < 4.78 is 21.4. The Morgan fingerprint density at radius 1 is 1.07 bits per heavy atom. The van der Waals surface area contributed by atoms with E-state index >= 15 is 0 Å². The summed E-state index contributed by atoms with van der Waals surface area (Å²) in [5, 5.41) is 4.63. The highest BCUT2D eigenvalue weighted by Gasteiger charge is 2.36. The molecule has 1 aliphatic rings. The lowest BCUT2D eigenvalue weighted by atomic mass is 10.1. The monoisotopic (exact) mass is 429 g/mol. The molecule has 1 aromatic heterocycles. The Balaban J connectivity index is 1.60. The van der Waals surface area contributed by atoms with Crippen LogP contribution in [0.25, 0.3) is 11.5 Å². The average molecular weight is 430 g/mol. The topological polar surface area (TPSA) is 86.9 Å². The van der Waals surface area contributed by atoms with Crippen molar-refractivity contribution in [3.63, 3.8) is 0 Å². The summed E-state index contributed by atoms with van der Waals surface area (Å²) >= 11 is 6.12. The van der Waals surface area contributed by atoms with Crippen molar-refractivity contribution in [2.24, 2.45) is 0 Å². The zero-order valence-corrected chi connectivity index (χ0v) is 17.5. The molecule has 0 bridgehead atoms. The molecular weight excluding hydrogens is 410 g/mol. The first-order chi connectivity index (χ1) is 14.5. The van der Waals surface area contributed by atoms with E-state index in [-0.39, 0.29) is 18.2 Å². The lowest BCUT2D eigenvalue weighted by Crippen LogP contribution is -2.24. The van der Waals surface area contributed by atoms with Gasteiger partial charge in [-0.05, 0) is 30.3 Å². The van der Waals surface area contributed by atoms with Crippen LogP contribution in [-0.2, 0) is 4.79 Å². The van der Waals surface area contributed by atoms with Crippen LogP contribution in [0, 0.1) is 0 Å². The van der Waals surface area contributed by atoms with Crippen molar-refractivity contribution in [1.82, 2.24) is 10.1 Å². The van der Waals surface area contributed by atoms with Gasteiger partial charge in [0.25, 0.3) is 5.89 Å². The number of halogens is 1. The van der Waals surface area contributed by atoms with E-state index in [1.54, 1.807) is 62.6 Å². The molecule has 0 saturated carbocycles. The molecule has 0 spiro atoms. The van der Waals surface area contributed by atoms with Crippen LogP contribution in [0.5, 0.6) is 17.2 Å². The number of ether oxygens (including phenoxy) is 3. The van der Waals surface area contributed by atoms with Gasteiger partial charge in [0.15, 0.2) is 5.82 Å². The molecule has 8 nitrogen and oxygen atoms in total. The van der Waals surface area contributed by atoms with Crippen LogP contribution < -0.4 is 19.1 Å². The van der Waals surface area contributed by atoms with Crippen LogP contribution in [0.3, 0.4) is 0 Å². The van der Waals surface area contributed by atoms with Crippen molar-refractivity contribution in [2.45, 2.75) is 12.3 Å². The molecule has 156 valence electrons. The maximum atomic E-state index is 12.7. The van der Waals surface area contributed by atoms with E-state index in [2.05, 4.69) is 10.1 Å². The highest BCUT2D eigenvalue weighted by atomic mass is 35.5. The fourth-order valence-electron chi connectivity index (χ4n) is 3.44. The molecule has 0 radical (unpaired) electrons. The van der Waals surface area contributed by atoms with Gasteiger partial charge < -0.3 is 23.6 Å². The van der Waals surface area contributed by atoms with Gasteiger partial charge in [-0.25, -0.2) is 0 Å². The molecule has 1 saturated heterocycles. The van der Waals surface area contributed by atoms with Gasteiger partial charge in [-0.15, -0.1) is 0 Å². The second-order valence-corrected chi connectivity index (χ2v) is 7.22. The van der Waals surface area contributed by atoms with Gasteiger partial charge in [0.05, 0.1) is 27.0 Å². The van der Waals surface area contributed by atoms with Crippen molar-refractivity contribution < 1.29 is 23.5 Å². The minimum absolute atomic E-state index is 0.0602. The van der Waals surface area contributed by atoms with Gasteiger partial charge in [0, 0.05) is 35.5 Å². The smallest absolute Gasteiger partial charge is 0.258 e. The molecule has 1 fully saturated rings. The number of nitrogens with zero attached hydrogens (tertiary/aromatic N) is 3. The predicted octanol–water partition coefficient (Wildman–Crippen LogP) is 3.94. The van der Waals surface area contributed by atoms with Crippen molar-refractivity contribution in [3.8, 4) is 28.7 Å². The maximum absolute atomic E-state index is 12.7. The van der Waals surface area contributed by atoms with Gasteiger partial charge in [0.2, 0.25) is 5.91 Å². The number of amides is 1. The Morgan fingerprint density at radius 3 is 2.47 bits per heavy atom. The molecule has 4 rings (SSSR count). The van der Waals surface area contributed by atoms with E-state index in [1.807, 2.05) is 0 Å². The number of methoxy groups -OCH3 is 3. The Morgan fingerprint density at radius 2 is 1.80 bits per heavy atom. The molecule has 1 atom stereocenters. The molecule has 1 amide bonds. The second-order valence-electron chi connectivity index (χ2n) is 6.78. The fraction of sp³-hybridized carbons (Fsp3) is 0.286. The van der Waals surface area contributed by atoms with Crippen LogP contribution in [0.1, 0.15) is 18.2 Å². The van der Waals surface area contributed by atoms with Gasteiger partial charge in [0.1, 0.15) is 17.2 Å².